The number of pyridine rings is 1. The molecule has 146 valence electrons. The van der Waals surface area contributed by atoms with Crippen LogP contribution < -0.4 is 10.9 Å². The van der Waals surface area contributed by atoms with E-state index in [1.165, 1.54) is 28.8 Å². The first-order valence-electron chi connectivity index (χ1n) is 8.98. The van der Waals surface area contributed by atoms with Crippen molar-refractivity contribution in [3.05, 3.63) is 81.3 Å². The molecule has 0 saturated heterocycles. The molecule has 2 heterocycles. The van der Waals surface area contributed by atoms with Gasteiger partial charge in [-0.25, -0.2) is 4.39 Å². The number of amides is 1. The summed E-state index contributed by atoms with van der Waals surface area (Å²) in [5.41, 5.74) is 2.21. The molecule has 7 heteroatoms. The number of benzene rings is 1. The molecule has 6 nitrogen and oxygen atoms in total. The van der Waals surface area contributed by atoms with E-state index < -0.39 is 17.3 Å². The van der Waals surface area contributed by atoms with Gasteiger partial charge in [-0.05, 0) is 48.9 Å². The summed E-state index contributed by atoms with van der Waals surface area (Å²) in [6.07, 6.45) is 1.58. The van der Waals surface area contributed by atoms with Gasteiger partial charge in [-0.1, -0.05) is 20.8 Å². The van der Waals surface area contributed by atoms with Crippen LogP contribution in [-0.2, 0) is 12.0 Å². The fraction of sp³-hybridized carbons (Fsp3) is 0.286. The van der Waals surface area contributed by atoms with E-state index in [1.54, 1.807) is 19.2 Å². The summed E-state index contributed by atoms with van der Waals surface area (Å²) in [6, 6.07) is 9.11. The Balaban J connectivity index is 1.83. The normalized spacial score (nSPS) is 11.5. The Hall–Kier alpha value is -3.22. The maximum absolute atomic E-state index is 13.2. The molecule has 3 aromatic rings. The first-order chi connectivity index (χ1) is 13.2. The van der Waals surface area contributed by atoms with Gasteiger partial charge < -0.3 is 5.32 Å². The van der Waals surface area contributed by atoms with E-state index in [9.17, 15) is 14.0 Å². The monoisotopic (exact) mass is 382 g/mol. The van der Waals surface area contributed by atoms with Gasteiger partial charge in [-0.2, -0.15) is 5.10 Å². The van der Waals surface area contributed by atoms with Crippen LogP contribution in [0.5, 0.6) is 0 Å². The van der Waals surface area contributed by atoms with Crippen LogP contribution in [0.15, 0.2) is 47.4 Å². The summed E-state index contributed by atoms with van der Waals surface area (Å²) < 4.78 is 14.5. The van der Waals surface area contributed by atoms with E-state index in [4.69, 9.17) is 0 Å². The maximum atomic E-state index is 13.2. The van der Waals surface area contributed by atoms with Crippen molar-refractivity contribution in [2.24, 2.45) is 0 Å². The predicted octanol–water partition coefficient (Wildman–Crippen LogP) is 3.24. The highest BCUT2D eigenvalue weighted by Gasteiger charge is 2.19. The van der Waals surface area contributed by atoms with Crippen LogP contribution in [0.4, 0.5) is 4.39 Å². The summed E-state index contributed by atoms with van der Waals surface area (Å²) in [4.78, 5) is 25.5. The number of hydrogen-bond acceptors (Lipinski definition) is 3. The van der Waals surface area contributed by atoms with Crippen molar-refractivity contribution >= 4 is 5.91 Å². The zero-order chi connectivity index (χ0) is 20.5. The summed E-state index contributed by atoms with van der Waals surface area (Å²) in [5.74, 6) is -0.859. The lowest BCUT2D eigenvalue weighted by Crippen LogP contribution is -2.33. The largest absolute Gasteiger partial charge is 0.346 e. The molecule has 0 aliphatic heterocycles. The minimum Gasteiger partial charge on any atom is -0.346 e. The van der Waals surface area contributed by atoms with Crippen molar-refractivity contribution in [1.29, 1.82) is 0 Å². The highest BCUT2D eigenvalue weighted by molar-refractivity contribution is 5.95. The van der Waals surface area contributed by atoms with Gasteiger partial charge >= 0.3 is 0 Å². The van der Waals surface area contributed by atoms with Gasteiger partial charge in [0, 0.05) is 17.3 Å². The molecular formula is C21H23FN4O2. The average Bonchev–Trinajstić information content (AvgIpc) is 3.11. The van der Waals surface area contributed by atoms with Gasteiger partial charge in [0.1, 0.15) is 11.4 Å². The molecule has 2 aromatic heterocycles. The van der Waals surface area contributed by atoms with E-state index >= 15 is 0 Å². The molecule has 0 bridgehead atoms. The second-order valence-electron chi connectivity index (χ2n) is 7.74. The third-order valence-electron chi connectivity index (χ3n) is 4.47. The molecule has 0 fully saturated rings. The van der Waals surface area contributed by atoms with E-state index in [2.05, 4.69) is 36.3 Å². The van der Waals surface area contributed by atoms with Crippen LogP contribution in [0, 0.1) is 12.7 Å². The van der Waals surface area contributed by atoms with Crippen LogP contribution in [0.1, 0.15) is 48.1 Å². The summed E-state index contributed by atoms with van der Waals surface area (Å²) in [6.45, 7) is 8.09. The fourth-order valence-corrected chi connectivity index (χ4v) is 2.81. The molecule has 0 unspecified atom stereocenters. The van der Waals surface area contributed by atoms with Crippen molar-refractivity contribution < 1.29 is 9.18 Å². The number of carbonyl (C=O) groups excluding carboxylic acids is 1. The van der Waals surface area contributed by atoms with Crippen LogP contribution in [0.3, 0.4) is 0 Å². The van der Waals surface area contributed by atoms with E-state index in [-0.39, 0.29) is 17.5 Å². The van der Waals surface area contributed by atoms with Gasteiger partial charge in [0.2, 0.25) is 0 Å². The average molecular weight is 382 g/mol. The standard InChI is InChI=1S/C21H23FN4O2/c1-13-9-10-26(16-7-5-14(22)6-8-16)20(28)18(13)19(27)23-12-15-11-17(25-24-15)21(2,3)4/h5-11H,12H2,1-4H3,(H,23,27)(H,24,25). The molecule has 0 radical (unpaired) electrons. The SMILES string of the molecule is Cc1ccn(-c2ccc(F)cc2)c(=O)c1C(=O)NCc1cc(C(C)(C)C)n[nH]1. The molecule has 28 heavy (non-hydrogen) atoms. The number of carbonyl (C=O) groups is 1. The van der Waals surface area contributed by atoms with Gasteiger partial charge in [0.25, 0.3) is 11.5 Å². The topological polar surface area (TPSA) is 79.8 Å². The maximum Gasteiger partial charge on any atom is 0.268 e. The third-order valence-corrected chi connectivity index (χ3v) is 4.47. The lowest BCUT2D eigenvalue weighted by atomic mass is 9.92. The first-order valence-corrected chi connectivity index (χ1v) is 8.98. The van der Waals surface area contributed by atoms with Gasteiger partial charge in [0.15, 0.2) is 0 Å². The number of nitrogens with zero attached hydrogens (tertiary/aromatic N) is 2. The molecule has 1 aromatic carbocycles. The zero-order valence-electron chi connectivity index (χ0n) is 16.3. The minimum absolute atomic E-state index is 0.0578. The Bertz CT molecular complexity index is 1060. The fourth-order valence-electron chi connectivity index (χ4n) is 2.81. The Labute approximate surface area is 162 Å². The number of aromatic amines is 1. The van der Waals surface area contributed by atoms with Crippen LogP contribution in [0.25, 0.3) is 5.69 Å². The molecule has 0 saturated carbocycles. The molecule has 0 spiro atoms. The Morgan fingerprint density at radius 3 is 2.50 bits per heavy atom. The molecule has 0 atom stereocenters. The number of hydrogen-bond donors (Lipinski definition) is 2. The van der Waals surface area contributed by atoms with Crippen LogP contribution in [-0.4, -0.2) is 20.7 Å². The lowest BCUT2D eigenvalue weighted by molar-refractivity contribution is 0.0948. The predicted molar refractivity (Wildman–Crippen MR) is 105 cm³/mol. The van der Waals surface area contributed by atoms with Crippen molar-refractivity contribution in [3.8, 4) is 5.69 Å². The van der Waals surface area contributed by atoms with Crippen molar-refractivity contribution in [2.45, 2.75) is 39.7 Å². The molecule has 3 rings (SSSR count). The number of nitrogens with one attached hydrogen (secondary N) is 2. The second kappa shape index (κ2) is 7.42. The van der Waals surface area contributed by atoms with Gasteiger partial charge in [-0.15, -0.1) is 0 Å². The first kappa shape index (κ1) is 19.5. The zero-order valence-corrected chi connectivity index (χ0v) is 16.3. The van der Waals surface area contributed by atoms with E-state index in [0.29, 0.717) is 11.3 Å². The molecule has 2 N–H and O–H groups in total. The Kier molecular flexibility index (Phi) is 5.18. The molecule has 0 aliphatic carbocycles. The third kappa shape index (κ3) is 4.03. The number of halogens is 1. The van der Waals surface area contributed by atoms with Crippen LogP contribution in [0.2, 0.25) is 0 Å². The van der Waals surface area contributed by atoms with Gasteiger partial charge in [-0.3, -0.25) is 19.3 Å². The highest BCUT2D eigenvalue weighted by atomic mass is 19.1. The molecular weight excluding hydrogens is 359 g/mol. The van der Waals surface area contributed by atoms with Crippen molar-refractivity contribution in [2.75, 3.05) is 0 Å². The number of H-pyrrole nitrogens is 1. The summed E-state index contributed by atoms with van der Waals surface area (Å²) >= 11 is 0. The number of aromatic nitrogens is 3. The second-order valence-corrected chi connectivity index (χ2v) is 7.74. The quantitative estimate of drug-likeness (QED) is 0.727. The Morgan fingerprint density at radius 2 is 1.89 bits per heavy atom. The van der Waals surface area contributed by atoms with Gasteiger partial charge in [0.05, 0.1) is 17.9 Å². The number of rotatable bonds is 4. The van der Waals surface area contributed by atoms with Crippen molar-refractivity contribution in [1.82, 2.24) is 20.1 Å². The smallest absolute Gasteiger partial charge is 0.268 e. The highest BCUT2D eigenvalue weighted by Crippen LogP contribution is 2.20. The summed E-state index contributed by atoms with van der Waals surface area (Å²) in [5, 5.41) is 9.93. The lowest BCUT2D eigenvalue weighted by Gasteiger charge is -2.13. The van der Waals surface area contributed by atoms with E-state index in [0.717, 1.165) is 11.4 Å². The minimum atomic E-state index is -0.467. The molecule has 1 amide bonds. The Morgan fingerprint density at radius 1 is 1.21 bits per heavy atom. The van der Waals surface area contributed by atoms with E-state index in [1.807, 2.05) is 6.07 Å². The van der Waals surface area contributed by atoms with Crippen LogP contribution >= 0.6 is 0 Å². The van der Waals surface area contributed by atoms with Crippen molar-refractivity contribution in [3.63, 3.8) is 0 Å². The molecule has 0 aliphatic rings. The number of aryl methyl sites for hydroxylation is 1. The summed E-state index contributed by atoms with van der Waals surface area (Å²) in [7, 11) is 0.